The maximum atomic E-state index is 14.0. The molecule has 0 spiro atoms. The molecule has 7 aliphatic carbocycles. The third kappa shape index (κ3) is 3.31. The molecule has 0 N–H and O–H groups in total. The van der Waals surface area contributed by atoms with Gasteiger partial charge in [-0.05, 0) is 101 Å². The molecule has 40 heavy (non-hydrogen) atoms. The molecule has 11 rings (SSSR count). The van der Waals surface area contributed by atoms with E-state index in [1.165, 1.54) is 77.1 Å². The van der Waals surface area contributed by atoms with Crippen molar-refractivity contribution >= 4 is 16.7 Å². The SMILES string of the molecule is O=C(OCC12CC3CC(C1)CC(c1ccc4ccccc4c1)(C3)C2)C1CC2c3ccccc3C1c1ccccc12. The van der Waals surface area contributed by atoms with Gasteiger partial charge in [-0.1, -0.05) is 91.0 Å². The van der Waals surface area contributed by atoms with E-state index in [2.05, 4.69) is 91.0 Å². The first-order valence-corrected chi connectivity index (χ1v) is 15.4. The lowest BCUT2D eigenvalue weighted by atomic mass is 9.43. The zero-order valence-electron chi connectivity index (χ0n) is 23.0. The number of rotatable bonds is 4. The molecule has 2 nitrogen and oxygen atoms in total. The first-order chi connectivity index (χ1) is 19.6. The fourth-order valence-corrected chi connectivity index (χ4v) is 10.7. The monoisotopic (exact) mass is 524 g/mol. The molecule has 0 heterocycles. The van der Waals surface area contributed by atoms with Crippen LogP contribution in [0.4, 0.5) is 0 Å². The van der Waals surface area contributed by atoms with Crippen molar-refractivity contribution in [2.24, 2.45) is 23.2 Å². The summed E-state index contributed by atoms with van der Waals surface area (Å²) in [7, 11) is 0. The number of fused-ring (bicyclic) bond motifs is 2. The highest BCUT2D eigenvalue weighted by atomic mass is 16.5. The highest BCUT2D eigenvalue weighted by molar-refractivity contribution is 5.83. The molecule has 3 unspecified atom stereocenters. The van der Waals surface area contributed by atoms with Crippen LogP contribution in [-0.2, 0) is 14.9 Å². The van der Waals surface area contributed by atoms with Gasteiger partial charge in [-0.3, -0.25) is 4.79 Å². The number of hydrogen-bond acceptors (Lipinski definition) is 2. The van der Waals surface area contributed by atoms with Crippen LogP contribution in [0.5, 0.6) is 0 Å². The van der Waals surface area contributed by atoms with Crippen LogP contribution in [0.1, 0.15) is 84.6 Å². The van der Waals surface area contributed by atoms with Crippen molar-refractivity contribution in [2.45, 2.75) is 62.2 Å². The van der Waals surface area contributed by atoms with Gasteiger partial charge in [-0.25, -0.2) is 0 Å². The van der Waals surface area contributed by atoms with E-state index in [9.17, 15) is 4.79 Å². The highest BCUT2D eigenvalue weighted by Gasteiger charge is 2.59. The third-order valence-corrected chi connectivity index (χ3v) is 11.7. The second kappa shape index (κ2) is 8.32. The van der Waals surface area contributed by atoms with Gasteiger partial charge in [-0.15, -0.1) is 0 Å². The summed E-state index contributed by atoms with van der Waals surface area (Å²) in [5, 5.41) is 2.67. The van der Waals surface area contributed by atoms with Crippen LogP contribution in [0, 0.1) is 23.2 Å². The van der Waals surface area contributed by atoms with E-state index in [4.69, 9.17) is 4.74 Å². The molecular weight excluding hydrogens is 488 g/mol. The van der Waals surface area contributed by atoms with Gasteiger partial charge in [0, 0.05) is 17.3 Å². The number of ether oxygens (including phenoxy) is 1. The summed E-state index contributed by atoms with van der Waals surface area (Å²) in [6.07, 6.45) is 8.47. The summed E-state index contributed by atoms with van der Waals surface area (Å²) in [5.41, 5.74) is 7.39. The van der Waals surface area contributed by atoms with E-state index in [1.54, 1.807) is 0 Å². The molecule has 0 radical (unpaired) electrons. The lowest BCUT2D eigenvalue weighted by Gasteiger charge is -2.62. The topological polar surface area (TPSA) is 26.3 Å². The second-order valence-electron chi connectivity index (χ2n) is 14.0. The van der Waals surface area contributed by atoms with Crippen LogP contribution in [0.3, 0.4) is 0 Å². The van der Waals surface area contributed by atoms with Crippen molar-refractivity contribution in [1.29, 1.82) is 0 Å². The summed E-state index contributed by atoms with van der Waals surface area (Å²) in [4.78, 5) is 14.0. The Morgan fingerprint density at radius 1 is 0.700 bits per heavy atom. The average Bonchev–Trinajstić information content (AvgIpc) is 2.99. The maximum absolute atomic E-state index is 14.0. The van der Waals surface area contributed by atoms with E-state index >= 15 is 0 Å². The Hall–Kier alpha value is -3.39. The summed E-state index contributed by atoms with van der Waals surface area (Å²) in [6.45, 7) is 0.603. The van der Waals surface area contributed by atoms with Gasteiger partial charge in [0.1, 0.15) is 0 Å². The number of carbonyl (C=O) groups excluding carboxylic acids is 1. The van der Waals surface area contributed by atoms with E-state index in [1.807, 2.05) is 0 Å². The van der Waals surface area contributed by atoms with Crippen LogP contribution in [-0.4, -0.2) is 12.6 Å². The number of carbonyl (C=O) groups is 1. The van der Waals surface area contributed by atoms with Crippen LogP contribution >= 0.6 is 0 Å². The summed E-state index contributed by atoms with van der Waals surface area (Å²) in [6, 6.07) is 33.5. The summed E-state index contributed by atoms with van der Waals surface area (Å²) >= 11 is 0. The lowest BCUT2D eigenvalue weighted by Crippen LogP contribution is -2.55. The van der Waals surface area contributed by atoms with E-state index in [0.717, 1.165) is 18.3 Å². The molecular formula is C38H36O2. The van der Waals surface area contributed by atoms with Gasteiger partial charge in [0.15, 0.2) is 0 Å². The molecule has 200 valence electrons. The molecule has 4 aromatic carbocycles. The Labute approximate surface area is 236 Å². The van der Waals surface area contributed by atoms with Crippen molar-refractivity contribution in [3.63, 3.8) is 0 Å². The Morgan fingerprint density at radius 2 is 1.32 bits per heavy atom. The predicted molar refractivity (Wildman–Crippen MR) is 158 cm³/mol. The molecule has 3 atom stereocenters. The smallest absolute Gasteiger partial charge is 0.309 e. The number of benzene rings is 4. The van der Waals surface area contributed by atoms with E-state index in [0.29, 0.717) is 12.5 Å². The molecule has 2 heteroatoms. The minimum Gasteiger partial charge on any atom is -0.465 e. The van der Waals surface area contributed by atoms with Gasteiger partial charge >= 0.3 is 5.97 Å². The van der Waals surface area contributed by atoms with Gasteiger partial charge < -0.3 is 4.74 Å². The van der Waals surface area contributed by atoms with Crippen molar-refractivity contribution < 1.29 is 9.53 Å². The molecule has 0 aliphatic heterocycles. The fraction of sp³-hybridized carbons (Fsp3) is 0.395. The molecule has 0 amide bonds. The molecule has 7 aliphatic rings. The Kier molecular flexibility index (Phi) is 4.85. The minimum absolute atomic E-state index is 0.0366. The maximum Gasteiger partial charge on any atom is 0.309 e. The van der Waals surface area contributed by atoms with Crippen LogP contribution in [0.25, 0.3) is 10.8 Å². The normalized spacial score (nSPS) is 34.5. The lowest BCUT2D eigenvalue weighted by molar-refractivity contribution is -0.163. The molecule has 6 bridgehead atoms. The van der Waals surface area contributed by atoms with Gasteiger partial charge in [-0.2, -0.15) is 0 Å². The highest BCUT2D eigenvalue weighted by Crippen LogP contribution is 2.66. The number of hydrogen-bond donors (Lipinski definition) is 0. The minimum atomic E-state index is -0.0850. The first-order valence-electron chi connectivity index (χ1n) is 15.4. The fourth-order valence-electron chi connectivity index (χ4n) is 10.7. The second-order valence-corrected chi connectivity index (χ2v) is 14.0. The molecule has 0 aromatic heterocycles. The zero-order valence-corrected chi connectivity index (χ0v) is 23.0. The summed E-state index contributed by atoms with van der Waals surface area (Å²) < 4.78 is 6.46. The molecule has 4 aromatic rings. The Balaban J connectivity index is 1.00. The first kappa shape index (κ1) is 23.3. The van der Waals surface area contributed by atoms with Crippen LogP contribution in [0.2, 0.25) is 0 Å². The van der Waals surface area contributed by atoms with Crippen LogP contribution in [0.15, 0.2) is 91.0 Å². The quantitative estimate of drug-likeness (QED) is 0.250. The largest absolute Gasteiger partial charge is 0.465 e. The zero-order chi connectivity index (χ0) is 26.5. The number of esters is 1. The van der Waals surface area contributed by atoms with E-state index in [-0.39, 0.29) is 28.6 Å². The average molecular weight is 525 g/mol. The van der Waals surface area contributed by atoms with Crippen LogP contribution < -0.4 is 0 Å². The van der Waals surface area contributed by atoms with E-state index < -0.39 is 0 Å². The third-order valence-electron chi connectivity index (χ3n) is 11.7. The molecule has 4 saturated carbocycles. The van der Waals surface area contributed by atoms with Crippen molar-refractivity contribution in [3.8, 4) is 0 Å². The van der Waals surface area contributed by atoms with Crippen molar-refractivity contribution in [2.75, 3.05) is 6.61 Å². The molecule has 0 saturated heterocycles. The summed E-state index contributed by atoms with van der Waals surface area (Å²) in [5.74, 6) is 1.88. The Morgan fingerprint density at radius 3 is 2.02 bits per heavy atom. The van der Waals surface area contributed by atoms with Gasteiger partial charge in [0.2, 0.25) is 0 Å². The Bertz CT molecular complexity index is 1600. The molecule has 4 fully saturated rings. The van der Waals surface area contributed by atoms with Crippen molar-refractivity contribution in [3.05, 3.63) is 119 Å². The van der Waals surface area contributed by atoms with Crippen molar-refractivity contribution in [1.82, 2.24) is 0 Å². The van der Waals surface area contributed by atoms with Gasteiger partial charge in [0.05, 0.1) is 12.5 Å². The standard InChI is InChI=1S/C38H36O2/c39-36(34-17-33-29-9-3-5-11-31(29)35(34)32-12-6-4-10-30(32)33)40-23-37-18-24-15-25(19-37)21-38(20-24,22-37)28-14-13-26-7-1-2-8-27(26)16-28/h1-14,16,24-25,33-35H,15,17-23H2. The predicted octanol–water partition coefficient (Wildman–Crippen LogP) is 8.52. The van der Waals surface area contributed by atoms with Gasteiger partial charge in [0.25, 0.3) is 0 Å².